The van der Waals surface area contributed by atoms with Crippen molar-refractivity contribution in [2.24, 2.45) is 29.1 Å². The van der Waals surface area contributed by atoms with Gasteiger partial charge in [0.1, 0.15) is 5.60 Å². The van der Waals surface area contributed by atoms with Crippen molar-refractivity contribution in [1.29, 1.82) is 0 Å². The second-order valence-electron chi connectivity index (χ2n) is 13.1. The molecule has 4 bridgehead atoms. The van der Waals surface area contributed by atoms with Gasteiger partial charge in [-0.1, -0.05) is 17.7 Å². The first kappa shape index (κ1) is 25.8. The number of carbonyl (C=O) groups excluding carboxylic acids is 2. The van der Waals surface area contributed by atoms with E-state index < -0.39 is 11.7 Å². The molecule has 36 heavy (non-hydrogen) atoms. The number of nitrogens with zero attached hydrogens (tertiary/aromatic N) is 1. The Labute approximate surface area is 220 Å². The van der Waals surface area contributed by atoms with Gasteiger partial charge in [-0.15, -0.1) is 0 Å². The molecule has 6 nitrogen and oxygen atoms in total. The molecule has 0 aromatic heterocycles. The van der Waals surface area contributed by atoms with E-state index in [1.54, 1.807) is 17.0 Å². The average molecular weight is 517 g/mol. The van der Waals surface area contributed by atoms with E-state index in [0.29, 0.717) is 42.1 Å². The van der Waals surface area contributed by atoms with Gasteiger partial charge in [0, 0.05) is 19.6 Å². The minimum atomic E-state index is -0.710. The summed E-state index contributed by atoms with van der Waals surface area (Å²) in [6.07, 6.45) is 8.22. The van der Waals surface area contributed by atoms with E-state index in [0.717, 1.165) is 24.3 Å². The number of likely N-dealkylation sites (tertiary alicyclic amines) is 1. The highest BCUT2D eigenvalue weighted by Gasteiger charge is 2.50. The van der Waals surface area contributed by atoms with Crippen molar-refractivity contribution >= 4 is 23.6 Å². The lowest BCUT2D eigenvalue weighted by molar-refractivity contribution is -0.0503. The smallest absolute Gasteiger partial charge is 0.410 e. The van der Waals surface area contributed by atoms with Crippen LogP contribution in [0.3, 0.4) is 0 Å². The molecule has 1 saturated heterocycles. The van der Waals surface area contributed by atoms with E-state index in [4.69, 9.17) is 16.3 Å². The molecule has 5 aliphatic rings. The van der Waals surface area contributed by atoms with Gasteiger partial charge >= 0.3 is 6.09 Å². The van der Waals surface area contributed by atoms with Crippen LogP contribution in [0.5, 0.6) is 0 Å². The van der Waals surface area contributed by atoms with Crippen molar-refractivity contribution in [3.05, 3.63) is 34.3 Å². The number of amides is 2. The molecule has 2 N–H and O–H groups in total. The maximum atomic E-state index is 13.2. The maximum absolute atomic E-state index is 13.2. The lowest BCUT2D eigenvalue weighted by atomic mass is 9.49. The fraction of sp³-hybridized carbons (Fsp3) is 0.724. The fourth-order valence-corrected chi connectivity index (χ4v) is 7.97. The predicted molar refractivity (Wildman–Crippen MR) is 140 cm³/mol. The van der Waals surface area contributed by atoms with Gasteiger partial charge in [0.05, 0.1) is 16.7 Å². The molecule has 198 valence electrons. The molecular formula is C29H41ClN2O4. The van der Waals surface area contributed by atoms with Crippen LogP contribution in [0.4, 0.5) is 4.79 Å². The van der Waals surface area contributed by atoms with Gasteiger partial charge in [0.2, 0.25) is 0 Å². The molecule has 1 unspecified atom stereocenters. The van der Waals surface area contributed by atoms with Crippen LogP contribution in [0.2, 0.25) is 5.02 Å². The average Bonchev–Trinajstić information content (AvgIpc) is 2.81. The Morgan fingerprint density at radius 3 is 2.25 bits per heavy atom. The highest BCUT2D eigenvalue weighted by molar-refractivity contribution is 6.33. The molecule has 0 spiro atoms. The molecule has 1 heterocycles. The van der Waals surface area contributed by atoms with E-state index >= 15 is 0 Å². The van der Waals surface area contributed by atoms with Gasteiger partial charge in [-0.3, -0.25) is 4.79 Å². The molecule has 5 fully saturated rings. The summed E-state index contributed by atoms with van der Waals surface area (Å²) < 4.78 is 5.48. The van der Waals surface area contributed by atoms with E-state index in [-0.39, 0.29) is 23.3 Å². The Hall–Kier alpha value is -1.79. The number of carbonyl (C=O) groups is 2. The molecule has 7 heteroatoms. The van der Waals surface area contributed by atoms with Gasteiger partial charge in [0.15, 0.2) is 0 Å². The number of piperidine rings is 1. The first-order valence-electron chi connectivity index (χ1n) is 13.7. The molecule has 0 radical (unpaired) electrons. The molecule has 1 aliphatic heterocycles. The van der Waals surface area contributed by atoms with Crippen LogP contribution in [0, 0.1) is 29.1 Å². The number of hydrogen-bond acceptors (Lipinski definition) is 4. The van der Waals surface area contributed by atoms with E-state index in [2.05, 4.69) is 5.32 Å². The highest BCUT2D eigenvalue weighted by atomic mass is 35.5. The molecule has 1 atom stereocenters. The van der Waals surface area contributed by atoms with Gasteiger partial charge in [-0.25, -0.2) is 4.79 Å². The number of nitrogens with one attached hydrogen (secondary N) is 1. The zero-order chi connectivity index (χ0) is 25.7. The second kappa shape index (κ2) is 9.83. The third-order valence-electron chi connectivity index (χ3n) is 9.00. The Bertz CT molecular complexity index is 960. The van der Waals surface area contributed by atoms with Crippen molar-refractivity contribution in [1.82, 2.24) is 10.2 Å². The summed E-state index contributed by atoms with van der Waals surface area (Å²) in [6.45, 7) is 7.39. The van der Waals surface area contributed by atoms with Crippen LogP contribution < -0.4 is 5.32 Å². The van der Waals surface area contributed by atoms with E-state index in [1.165, 1.54) is 38.5 Å². The zero-order valence-electron chi connectivity index (χ0n) is 21.9. The molecule has 1 aromatic carbocycles. The van der Waals surface area contributed by atoms with E-state index in [1.807, 2.05) is 26.8 Å². The zero-order valence-corrected chi connectivity index (χ0v) is 22.7. The normalized spacial score (nSPS) is 30.8. The molecular weight excluding hydrogens is 476 g/mol. The predicted octanol–water partition coefficient (Wildman–Crippen LogP) is 5.97. The van der Waals surface area contributed by atoms with Crippen LogP contribution >= 0.6 is 11.6 Å². The number of ether oxygens (including phenoxy) is 1. The molecule has 1 aromatic rings. The van der Waals surface area contributed by atoms with Crippen molar-refractivity contribution in [2.75, 3.05) is 19.6 Å². The van der Waals surface area contributed by atoms with Gasteiger partial charge < -0.3 is 20.1 Å². The minimum Gasteiger partial charge on any atom is -0.444 e. The van der Waals surface area contributed by atoms with Crippen molar-refractivity contribution in [2.45, 2.75) is 83.8 Å². The summed E-state index contributed by atoms with van der Waals surface area (Å²) in [5, 5.41) is 14.8. The minimum absolute atomic E-state index is 0.00722. The SMILES string of the molecule is CC(C)(C)OC(=O)N1CCC(C(O)c2ccc(Cl)c(C(=O)NCC34CC5CC(CC(C5)C3)C4)c2)CC1. The molecule has 2 amide bonds. The van der Waals surface area contributed by atoms with Crippen molar-refractivity contribution in [3.8, 4) is 0 Å². The Morgan fingerprint density at radius 2 is 1.69 bits per heavy atom. The van der Waals surface area contributed by atoms with Crippen molar-refractivity contribution in [3.63, 3.8) is 0 Å². The van der Waals surface area contributed by atoms with E-state index in [9.17, 15) is 14.7 Å². The third kappa shape index (κ3) is 5.55. The first-order chi connectivity index (χ1) is 17.0. The Balaban J connectivity index is 1.19. The van der Waals surface area contributed by atoms with Crippen LogP contribution in [0.1, 0.15) is 94.2 Å². The summed E-state index contributed by atoms with van der Waals surface area (Å²) in [4.78, 5) is 27.3. The highest BCUT2D eigenvalue weighted by Crippen LogP contribution is 2.59. The number of rotatable bonds is 5. The van der Waals surface area contributed by atoms with Crippen LogP contribution in [0.25, 0.3) is 0 Å². The Morgan fingerprint density at radius 1 is 1.11 bits per heavy atom. The summed E-state index contributed by atoms with van der Waals surface area (Å²) in [7, 11) is 0. The Kier molecular flexibility index (Phi) is 7.05. The van der Waals surface area contributed by atoms with Gasteiger partial charge in [-0.05, 0) is 119 Å². The monoisotopic (exact) mass is 516 g/mol. The molecule has 4 aliphatic carbocycles. The van der Waals surface area contributed by atoms with Gasteiger partial charge in [0.25, 0.3) is 5.91 Å². The van der Waals surface area contributed by atoms with Crippen molar-refractivity contribution < 1.29 is 19.4 Å². The van der Waals surface area contributed by atoms with Crippen LogP contribution in [-0.2, 0) is 4.74 Å². The third-order valence-corrected chi connectivity index (χ3v) is 9.33. The standard InChI is InChI=1S/C29H41ClN2O4/c1-28(2,3)36-27(35)32-8-6-21(7-9-32)25(33)22-4-5-24(30)23(13-22)26(34)31-17-29-14-18-10-19(15-29)12-20(11-18)16-29/h4-5,13,18-21,25,33H,6-12,14-17H2,1-3H3,(H,31,34). The number of benzene rings is 1. The number of aliphatic hydroxyl groups excluding tert-OH is 1. The van der Waals surface area contributed by atoms with Crippen LogP contribution in [-0.4, -0.2) is 47.2 Å². The largest absolute Gasteiger partial charge is 0.444 e. The summed E-state index contributed by atoms with van der Waals surface area (Å²) in [5.41, 5.74) is 0.874. The summed E-state index contributed by atoms with van der Waals surface area (Å²) >= 11 is 6.44. The quantitative estimate of drug-likeness (QED) is 0.505. The second-order valence-corrected chi connectivity index (χ2v) is 13.5. The topological polar surface area (TPSA) is 78.9 Å². The lowest BCUT2D eigenvalue weighted by Gasteiger charge is -2.56. The maximum Gasteiger partial charge on any atom is 0.410 e. The summed E-state index contributed by atoms with van der Waals surface area (Å²) in [5.74, 6) is 2.39. The molecule has 6 rings (SSSR count). The number of aliphatic hydroxyl groups is 1. The lowest BCUT2D eigenvalue weighted by Crippen LogP contribution is -2.51. The number of hydrogen-bond donors (Lipinski definition) is 2. The van der Waals surface area contributed by atoms with Gasteiger partial charge in [-0.2, -0.15) is 0 Å². The number of halogens is 1. The molecule has 4 saturated carbocycles. The fourth-order valence-electron chi connectivity index (χ4n) is 7.77. The van der Waals surface area contributed by atoms with Crippen LogP contribution in [0.15, 0.2) is 18.2 Å². The first-order valence-corrected chi connectivity index (χ1v) is 14.1. The summed E-state index contributed by atoms with van der Waals surface area (Å²) in [6, 6.07) is 5.28.